The molecule has 0 saturated heterocycles. The number of fused-ring (bicyclic) bond motifs is 1. The highest BCUT2D eigenvalue weighted by atomic mass is 32.2. The molecule has 2 aromatic heterocycles. The third kappa shape index (κ3) is 4.77. The monoisotopic (exact) mass is 435 g/mol. The van der Waals surface area contributed by atoms with Crippen LogP contribution in [0.3, 0.4) is 0 Å². The van der Waals surface area contributed by atoms with E-state index < -0.39 is 5.91 Å². The maximum atomic E-state index is 12.5. The van der Waals surface area contributed by atoms with E-state index in [1.165, 1.54) is 18.0 Å². The van der Waals surface area contributed by atoms with Gasteiger partial charge >= 0.3 is 0 Å². The summed E-state index contributed by atoms with van der Waals surface area (Å²) in [6.07, 6.45) is 1.51. The summed E-state index contributed by atoms with van der Waals surface area (Å²) in [5, 5.41) is 13.9. The van der Waals surface area contributed by atoms with Gasteiger partial charge in [-0.3, -0.25) is 14.2 Å². The molecule has 4 aromatic rings. The SMILES string of the molecule is CC(NC(=O)CSc1nnc(-c2ccco2)n1CC(N)=O)c1ccc2ccccc2c1. The van der Waals surface area contributed by atoms with Gasteiger partial charge in [-0.1, -0.05) is 48.2 Å². The maximum absolute atomic E-state index is 12.5. The van der Waals surface area contributed by atoms with Crippen LogP contribution in [-0.4, -0.2) is 32.3 Å². The Hall–Kier alpha value is -3.59. The molecule has 8 nitrogen and oxygen atoms in total. The highest BCUT2D eigenvalue weighted by Gasteiger charge is 2.19. The van der Waals surface area contributed by atoms with Gasteiger partial charge in [0.1, 0.15) is 6.54 Å². The number of nitrogens with zero attached hydrogens (tertiary/aromatic N) is 3. The van der Waals surface area contributed by atoms with Gasteiger partial charge in [-0.15, -0.1) is 10.2 Å². The van der Waals surface area contributed by atoms with Gasteiger partial charge in [-0.2, -0.15) is 0 Å². The van der Waals surface area contributed by atoms with Gasteiger partial charge in [0.05, 0.1) is 18.1 Å². The predicted octanol–water partition coefficient (Wildman–Crippen LogP) is 3.15. The van der Waals surface area contributed by atoms with Crippen molar-refractivity contribution in [3.8, 4) is 11.6 Å². The molecule has 0 bridgehead atoms. The van der Waals surface area contributed by atoms with Gasteiger partial charge in [0.25, 0.3) is 0 Å². The lowest BCUT2D eigenvalue weighted by Crippen LogP contribution is -2.28. The minimum atomic E-state index is -0.538. The van der Waals surface area contributed by atoms with Gasteiger partial charge in [-0.25, -0.2) is 0 Å². The quantitative estimate of drug-likeness (QED) is 0.411. The van der Waals surface area contributed by atoms with Crippen LogP contribution in [0.15, 0.2) is 70.4 Å². The molecule has 0 aliphatic carbocycles. The van der Waals surface area contributed by atoms with E-state index >= 15 is 0 Å². The molecule has 158 valence electrons. The van der Waals surface area contributed by atoms with Crippen molar-refractivity contribution in [2.24, 2.45) is 5.73 Å². The lowest BCUT2D eigenvalue weighted by Gasteiger charge is -2.15. The molecule has 1 atom stereocenters. The molecule has 2 heterocycles. The molecular weight excluding hydrogens is 414 g/mol. The first-order valence-electron chi connectivity index (χ1n) is 9.67. The zero-order valence-electron chi connectivity index (χ0n) is 16.8. The Kier molecular flexibility index (Phi) is 6.03. The Morgan fingerprint density at radius 3 is 2.68 bits per heavy atom. The Morgan fingerprint density at radius 2 is 1.94 bits per heavy atom. The summed E-state index contributed by atoms with van der Waals surface area (Å²) < 4.78 is 6.90. The van der Waals surface area contributed by atoms with Crippen LogP contribution in [-0.2, 0) is 16.1 Å². The number of carbonyl (C=O) groups excluding carboxylic acids is 2. The molecule has 0 spiro atoms. The Balaban J connectivity index is 1.42. The van der Waals surface area contributed by atoms with Crippen LogP contribution in [0.25, 0.3) is 22.4 Å². The van der Waals surface area contributed by atoms with Crippen molar-refractivity contribution >= 4 is 34.3 Å². The van der Waals surface area contributed by atoms with E-state index in [1.54, 1.807) is 16.7 Å². The fourth-order valence-electron chi connectivity index (χ4n) is 3.26. The second kappa shape index (κ2) is 9.05. The molecule has 0 radical (unpaired) electrons. The van der Waals surface area contributed by atoms with Crippen molar-refractivity contribution in [1.29, 1.82) is 0 Å². The van der Waals surface area contributed by atoms with E-state index in [9.17, 15) is 9.59 Å². The first-order chi connectivity index (χ1) is 15.0. The van der Waals surface area contributed by atoms with Crippen LogP contribution in [0, 0.1) is 0 Å². The first kappa shape index (κ1) is 20.7. The topological polar surface area (TPSA) is 116 Å². The fraction of sp³-hybridized carbons (Fsp3) is 0.182. The van der Waals surface area contributed by atoms with Crippen molar-refractivity contribution in [3.05, 3.63) is 66.4 Å². The van der Waals surface area contributed by atoms with Gasteiger partial charge in [-0.05, 0) is 41.5 Å². The zero-order chi connectivity index (χ0) is 21.8. The van der Waals surface area contributed by atoms with E-state index in [-0.39, 0.29) is 24.2 Å². The summed E-state index contributed by atoms with van der Waals surface area (Å²) in [6.45, 7) is 1.83. The zero-order valence-corrected chi connectivity index (χ0v) is 17.6. The third-order valence-corrected chi connectivity index (χ3v) is 5.72. The Morgan fingerprint density at radius 1 is 1.13 bits per heavy atom. The van der Waals surface area contributed by atoms with Crippen LogP contribution in [0.5, 0.6) is 0 Å². The summed E-state index contributed by atoms with van der Waals surface area (Å²) in [6, 6.07) is 17.5. The standard InChI is InChI=1S/C22H21N5O3S/c1-14(16-9-8-15-5-2-3-6-17(15)11-16)24-20(29)13-31-22-26-25-21(18-7-4-10-30-18)27(22)12-19(23)28/h2-11,14H,12-13H2,1H3,(H2,23,28)(H,24,29). The number of thioether (sulfide) groups is 1. The molecule has 1 unspecified atom stereocenters. The average Bonchev–Trinajstić information content (AvgIpc) is 3.41. The predicted molar refractivity (Wildman–Crippen MR) is 118 cm³/mol. The average molecular weight is 436 g/mol. The number of rotatable bonds is 8. The van der Waals surface area contributed by atoms with Crippen LogP contribution < -0.4 is 11.1 Å². The van der Waals surface area contributed by atoms with Crippen LogP contribution in [0.4, 0.5) is 0 Å². The summed E-state index contributed by atoms with van der Waals surface area (Å²) in [7, 11) is 0. The summed E-state index contributed by atoms with van der Waals surface area (Å²) in [4.78, 5) is 24.0. The number of amides is 2. The number of primary amides is 1. The molecule has 3 N–H and O–H groups in total. The molecule has 0 saturated carbocycles. The van der Waals surface area contributed by atoms with Gasteiger partial charge in [0.2, 0.25) is 17.6 Å². The normalized spacial score (nSPS) is 12.0. The fourth-order valence-corrected chi connectivity index (χ4v) is 4.00. The molecule has 0 aliphatic rings. The minimum absolute atomic E-state index is 0.111. The lowest BCUT2D eigenvalue weighted by atomic mass is 10.0. The van der Waals surface area contributed by atoms with E-state index in [2.05, 4.69) is 27.6 Å². The van der Waals surface area contributed by atoms with Crippen LogP contribution in [0.1, 0.15) is 18.5 Å². The second-order valence-electron chi connectivity index (χ2n) is 7.02. The lowest BCUT2D eigenvalue weighted by molar-refractivity contribution is -0.119. The van der Waals surface area contributed by atoms with E-state index in [4.69, 9.17) is 10.2 Å². The van der Waals surface area contributed by atoms with E-state index in [0.29, 0.717) is 16.7 Å². The largest absolute Gasteiger partial charge is 0.461 e. The first-order valence-corrected chi connectivity index (χ1v) is 10.7. The van der Waals surface area contributed by atoms with Crippen LogP contribution in [0.2, 0.25) is 0 Å². The second-order valence-corrected chi connectivity index (χ2v) is 7.96. The number of hydrogen-bond donors (Lipinski definition) is 2. The summed E-state index contributed by atoms with van der Waals surface area (Å²) in [5.74, 6) is 0.279. The van der Waals surface area contributed by atoms with Gasteiger partial charge in [0, 0.05) is 0 Å². The Labute approximate surface area is 182 Å². The van der Waals surface area contributed by atoms with Crippen molar-refractivity contribution in [2.75, 3.05) is 5.75 Å². The summed E-state index contributed by atoms with van der Waals surface area (Å²) in [5.41, 5.74) is 6.39. The smallest absolute Gasteiger partial charge is 0.237 e. The molecule has 2 amide bonds. The number of aromatic nitrogens is 3. The molecule has 0 fully saturated rings. The van der Waals surface area contributed by atoms with Crippen molar-refractivity contribution < 1.29 is 14.0 Å². The third-order valence-electron chi connectivity index (χ3n) is 4.76. The van der Waals surface area contributed by atoms with Crippen molar-refractivity contribution in [1.82, 2.24) is 20.1 Å². The number of carbonyl (C=O) groups is 2. The molecule has 9 heteroatoms. The number of benzene rings is 2. The highest BCUT2D eigenvalue weighted by molar-refractivity contribution is 7.99. The molecule has 2 aromatic carbocycles. The molecule has 31 heavy (non-hydrogen) atoms. The number of hydrogen-bond acceptors (Lipinski definition) is 6. The molecule has 0 aliphatic heterocycles. The maximum Gasteiger partial charge on any atom is 0.237 e. The van der Waals surface area contributed by atoms with Gasteiger partial charge < -0.3 is 15.5 Å². The number of furan rings is 1. The number of nitrogens with one attached hydrogen (secondary N) is 1. The summed E-state index contributed by atoms with van der Waals surface area (Å²) >= 11 is 1.18. The highest BCUT2D eigenvalue weighted by Crippen LogP contribution is 2.25. The van der Waals surface area contributed by atoms with Crippen molar-refractivity contribution in [3.63, 3.8) is 0 Å². The Bertz CT molecular complexity index is 1220. The van der Waals surface area contributed by atoms with E-state index in [0.717, 1.165) is 16.3 Å². The van der Waals surface area contributed by atoms with Gasteiger partial charge in [0.15, 0.2) is 10.9 Å². The molecular formula is C22H21N5O3S. The molecule has 4 rings (SSSR count). The van der Waals surface area contributed by atoms with Crippen LogP contribution >= 0.6 is 11.8 Å². The van der Waals surface area contributed by atoms with Crippen molar-refractivity contribution in [2.45, 2.75) is 24.7 Å². The number of nitrogens with two attached hydrogens (primary N) is 1. The minimum Gasteiger partial charge on any atom is -0.461 e. The van der Waals surface area contributed by atoms with E-state index in [1.807, 2.05) is 37.3 Å².